The smallest absolute Gasteiger partial charge is 0.110 e. The molecule has 0 saturated heterocycles. The molecule has 0 bridgehead atoms. The molecule has 6 heteroatoms. The molecule has 2 heterocycles. The van der Waals surface area contributed by atoms with Crippen LogP contribution in [-0.2, 0) is 6.54 Å². The summed E-state index contributed by atoms with van der Waals surface area (Å²) >= 11 is 0. The van der Waals surface area contributed by atoms with Crippen LogP contribution in [0.3, 0.4) is 0 Å². The van der Waals surface area contributed by atoms with Crippen molar-refractivity contribution in [2.75, 3.05) is 0 Å². The van der Waals surface area contributed by atoms with Crippen molar-refractivity contribution in [3.63, 3.8) is 0 Å². The molecular formula is C19H23N5O. The number of rotatable bonds is 5. The molecule has 1 aromatic carbocycles. The van der Waals surface area contributed by atoms with E-state index in [1.165, 1.54) is 0 Å². The highest BCUT2D eigenvalue weighted by atomic mass is 16.3. The summed E-state index contributed by atoms with van der Waals surface area (Å²) in [5, 5.41) is 18.1. The average Bonchev–Trinajstić information content (AvgIpc) is 3.17. The molecule has 0 spiro atoms. The van der Waals surface area contributed by atoms with Crippen LogP contribution in [0.4, 0.5) is 0 Å². The quantitative estimate of drug-likeness (QED) is 0.749. The number of aromatic nitrogens is 4. The molecule has 0 amide bonds. The van der Waals surface area contributed by atoms with Crippen molar-refractivity contribution in [1.29, 1.82) is 0 Å². The average molecular weight is 337 g/mol. The van der Waals surface area contributed by atoms with Crippen molar-refractivity contribution < 1.29 is 5.11 Å². The van der Waals surface area contributed by atoms with E-state index in [1.807, 2.05) is 55.3 Å². The minimum atomic E-state index is -0.349. The Hall–Kier alpha value is -2.44. The molecule has 0 aliphatic heterocycles. The molecule has 3 atom stereocenters. The number of imidazole rings is 1. The van der Waals surface area contributed by atoms with Gasteiger partial charge in [-0.2, -0.15) is 5.10 Å². The Kier molecular flexibility index (Phi) is 4.15. The molecule has 3 aromatic rings. The van der Waals surface area contributed by atoms with Crippen molar-refractivity contribution in [3.05, 3.63) is 66.0 Å². The topological polar surface area (TPSA) is 67.9 Å². The van der Waals surface area contributed by atoms with Crippen LogP contribution in [0.1, 0.15) is 29.5 Å². The number of hydrogen-bond donors (Lipinski definition) is 2. The number of aryl methyl sites for hydroxylation is 2. The van der Waals surface area contributed by atoms with Gasteiger partial charge in [0.2, 0.25) is 0 Å². The third kappa shape index (κ3) is 2.99. The normalized spacial score (nSPS) is 22.8. The highest BCUT2D eigenvalue weighted by Gasteiger charge is 2.41. The Morgan fingerprint density at radius 3 is 2.68 bits per heavy atom. The minimum absolute atomic E-state index is 0.0112. The molecule has 1 fully saturated rings. The van der Waals surface area contributed by atoms with Gasteiger partial charge in [-0.25, -0.2) is 4.98 Å². The van der Waals surface area contributed by atoms with Crippen molar-refractivity contribution >= 4 is 0 Å². The summed E-state index contributed by atoms with van der Waals surface area (Å²) in [4.78, 5) is 4.47. The van der Waals surface area contributed by atoms with Gasteiger partial charge < -0.3 is 10.4 Å². The molecule has 1 aliphatic carbocycles. The maximum Gasteiger partial charge on any atom is 0.110 e. The number of benzene rings is 1. The fraction of sp³-hybridized carbons (Fsp3) is 0.368. The standard InChI is InChI=1S/C19H23N5O/c1-13-9-22-23(12-13)19-17(8-18(19)25)21-11-16-10-20-14(2)24(16)15-6-4-3-5-7-15/h3-7,9-10,12,17-19,21,25H,8,11H2,1-2H3/t17-,18+,19+/m0/s1. The van der Waals surface area contributed by atoms with Gasteiger partial charge in [0, 0.05) is 24.5 Å². The number of hydrogen-bond acceptors (Lipinski definition) is 4. The molecule has 0 unspecified atom stereocenters. The Morgan fingerprint density at radius 1 is 1.20 bits per heavy atom. The van der Waals surface area contributed by atoms with Gasteiger partial charge >= 0.3 is 0 Å². The molecule has 6 nitrogen and oxygen atoms in total. The Morgan fingerprint density at radius 2 is 2.00 bits per heavy atom. The molecule has 130 valence electrons. The molecule has 25 heavy (non-hydrogen) atoms. The lowest BCUT2D eigenvalue weighted by Gasteiger charge is -2.42. The monoisotopic (exact) mass is 337 g/mol. The van der Waals surface area contributed by atoms with E-state index >= 15 is 0 Å². The number of aliphatic hydroxyl groups is 1. The molecule has 1 aliphatic rings. The van der Waals surface area contributed by atoms with Gasteiger partial charge in [0.1, 0.15) is 5.82 Å². The second-order valence-corrected chi connectivity index (χ2v) is 6.75. The molecule has 2 N–H and O–H groups in total. The molecule has 1 saturated carbocycles. The van der Waals surface area contributed by atoms with Crippen molar-refractivity contribution in [2.24, 2.45) is 0 Å². The fourth-order valence-corrected chi connectivity index (χ4v) is 3.55. The fourth-order valence-electron chi connectivity index (χ4n) is 3.55. The van der Waals surface area contributed by atoms with E-state index in [1.54, 1.807) is 0 Å². The zero-order chi connectivity index (χ0) is 17.4. The Labute approximate surface area is 147 Å². The van der Waals surface area contributed by atoms with E-state index < -0.39 is 0 Å². The number of nitrogens with one attached hydrogen (secondary N) is 1. The maximum atomic E-state index is 10.2. The predicted molar refractivity (Wildman–Crippen MR) is 95.6 cm³/mol. The maximum absolute atomic E-state index is 10.2. The lowest BCUT2D eigenvalue weighted by atomic mass is 9.83. The largest absolute Gasteiger partial charge is 0.391 e. The summed E-state index contributed by atoms with van der Waals surface area (Å²) in [5.74, 6) is 0.968. The van der Waals surface area contributed by atoms with Gasteiger partial charge in [-0.3, -0.25) is 9.25 Å². The highest BCUT2D eigenvalue weighted by Crippen LogP contribution is 2.33. The van der Waals surface area contributed by atoms with Gasteiger partial charge in [0.05, 0.1) is 30.2 Å². The van der Waals surface area contributed by atoms with Crippen molar-refractivity contribution in [2.45, 2.75) is 45.0 Å². The SMILES string of the molecule is Cc1cnn([C@H]2[C@H](O)C[C@@H]2NCc2cnc(C)n2-c2ccccc2)c1. The van der Waals surface area contributed by atoms with E-state index in [0.717, 1.165) is 29.2 Å². The first-order chi connectivity index (χ1) is 12.1. The van der Waals surface area contributed by atoms with Gasteiger partial charge in [0.15, 0.2) is 0 Å². The summed E-state index contributed by atoms with van der Waals surface area (Å²) in [6.07, 6.45) is 6.12. The third-order valence-electron chi connectivity index (χ3n) is 4.91. The van der Waals surface area contributed by atoms with Crippen LogP contribution in [0.2, 0.25) is 0 Å². The summed E-state index contributed by atoms with van der Waals surface area (Å²) in [7, 11) is 0. The number of para-hydroxylation sites is 1. The van der Waals surface area contributed by atoms with Gasteiger partial charge in [-0.15, -0.1) is 0 Å². The third-order valence-corrected chi connectivity index (χ3v) is 4.91. The van der Waals surface area contributed by atoms with Crippen molar-refractivity contribution in [3.8, 4) is 5.69 Å². The van der Waals surface area contributed by atoms with Crippen LogP contribution in [0.25, 0.3) is 5.69 Å². The molecule has 2 aromatic heterocycles. The molecule has 4 rings (SSSR count). The van der Waals surface area contributed by atoms with Crippen LogP contribution in [0.5, 0.6) is 0 Å². The van der Waals surface area contributed by atoms with E-state index in [4.69, 9.17) is 0 Å². The second kappa shape index (κ2) is 6.46. The summed E-state index contributed by atoms with van der Waals surface area (Å²) in [6, 6.07) is 10.4. The predicted octanol–water partition coefficient (Wildman–Crippen LogP) is 2.15. The lowest BCUT2D eigenvalue weighted by Crippen LogP contribution is -2.54. The van der Waals surface area contributed by atoms with Gasteiger partial charge in [0.25, 0.3) is 0 Å². The number of nitrogens with zero attached hydrogens (tertiary/aromatic N) is 4. The van der Waals surface area contributed by atoms with Crippen LogP contribution in [0, 0.1) is 13.8 Å². The van der Waals surface area contributed by atoms with E-state index in [9.17, 15) is 5.11 Å². The van der Waals surface area contributed by atoms with Crippen LogP contribution < -0.4 is 5.32 Å². The minimum Gasteiger partial charge on any atom is -0.391 e. The first-order valence-corrected chi connectivity index (χ1v) is 8.64. The van der Waals surface area contributed by atoms with Crippen LogP contribution in [0.15, 0.2) is 48.9 Å². The molecule has 0 radical (unpaired) electrons. The van der Waals surface area contributed by atoms with E-state index in [-0.39, 0.29) is 18.2 Å². The van der Waals surface area contributed by atoms with E-state index in [0.29, 0.717) is 6.54 Å². The highest BCUT2D eigenvalue weighted by molar-refractivity contribution is 5.35. The number of aliphatic hydroxyl groups excluding tert-OH is 1. The van der Waals surface area contributed by atoms with Crippen LogP contribution >= 0.6 is 0 Å². The summed E-state index contributed by atoms with van der Waals surface area (Å²) in [5.41, 5.74) is 3.33. The molecular weight excluding hydrogens is 314 g/mol. The Bertz CT molecular complexity index is 854. The summed E-state index contributed by atoms with van der Waals surface area (Å²) in [6.45, 7) is 4.72. The van der Waals surface area contributed by atoms with Gasteiger partial charge in [-0.1, -0.05) is 18.2 Å². The van der Waals surface area contributed by atoms with Crippen molar-refractivity contribution in [1.82, 2.24) is 24.6 Å². The van der Waals surface area contributed by atoms with Crippen LogP contribution in [-0.4, -0.2) is 36.6 Å². The second-order valence-electron chi connectivity index (χ2n) is 6.75. The first-order valence-electron chi connectivity index (χ1n) is 8.64. The first kappa shape index (κ1) is 16.1. The Balaban J connectivity index is 1.49. The zero-order valence-electron chi connectivity index (χ0n) is 14.5. The summed E-state index contributed by atoms with van der Waals surface area (Å²) < 4.78 is 4.04. The van der Waals surface area contributed by atoms with E-state index in [2.05, 4.69) is 32.1 Å². The lowest BCUT2D eigenvalue weighted by molar-refractivity contribution is -0.00838. The zero-order valence-corrected chi connectivity index (χ0v) is 14.5. The van der Waals surface area contributed by atoms with Gasteiger partial charge in [-0.05, 0) is 38.0 Å².